The molecule has 22 heavy (non-hydrogen) atoms. The highest BCUT2D eigenvalue weighted by Crippen LogP contribution is 2.05. The summed E-state index contributed by atoms with van der Waals surface area (Å²) in [6.07, 6.45) is 0.833. The zero-order valence-electron chi connectivity index (χ0n) is 13.3. The highest BCUT2D eigenvalue weighted by molar-refractivity contribution is 5.96. The Labute approximate surface area is 132 Å². The lowest BCUT2D eigenvalue weighted by Gasteiger charge is -2.27. The first-order valence-electron chi connectivity index (χ1n) is 7.65. The molecule has 0 saturated heterocycles. The van der Waals surface area contributed by atoms with Crippen molar-refractivity contribution >= 4 is 11.9 Å². The summed E-state index contributed by atoms with van der Waals surface area (Å²) < 4.78 is 0. The molecule has 0 aliphatic heterocycles. The second-order valence-corrected chi connectivity index (χ2v) is 5.08. The van der Waals surface area contributed by atoms with Gasteiger partial charge in [-0.05, 0) is 25.8 Å². The zero-order chi connectivity index (χ0) is 16.4. The number of imide groups is 1. The number of carbonyl (C=O) groups is 2. The third-order valence-corrected chi connectivity index (χ3v) is 3.45. The SMILES string of the molecule is CCNC(=O)NC(=O)C(C)N(CCN)CCc1ccccc1. The Morgan fingerprint density at radius 2 is 1.91 bits per heavy atom. The van der Waals surface area contributed by atoms with Gasteiger partial charge in [0.15, 0.2) is 0 Å². The lowest BCUT2D eigenvalue weighted by molar-refractivity contribution is -0.124. The third-order valence-electron chi connectivity index (χ3n) is 3.45. The molecule has 122 valence electrons. The smallest absolute Gasteiger partial charge is 0.321 e. The van der Waals surface area contributed by atoms with E-state index in [0.29, 0.717) is 26.2 Å². The van der Waals surface area contributed by atoms with Crippen LogP contribution in [0.4, 0.5) is 4.79 Å². The van der Waals surface area contributed by atoms with Crippen LogP contribution in [0, 0.1) is 0 Å². The van der Waals surface area contributed by atoms with E-state index in [-0.39, 0.29) is 5.91 Å². The predicted molar refractivity (Wildman–Crippen MR) is 87.5 cm³/mol. The van der Waals surface area contributed by atoms with Crippen LogP contribution in [0.5, 0.6) is 0 Å². The van der Waals surface area contributed by atoms with Crippen LogP contribution in [0.3, 0.4) is 0 Å². The molecular formula is C16H26N4O2. The van der Waals surface area contributed by atoms with Gasteiger partial charge in [-0.1, -0.05) is 30.3 Å². The molecule has 1 aromatic rings. The van der Waals surface area contributed by atoms with Gasteiger partial charge in [0.05, 0.1) is 6.04 Å². The predicted octanol–water partition coefficient (Wildman–Crippen LogP) is 0.724. The summed E-state index contributed by atoms with van der Waals surface area (Å²) in [5.41, 5.74) is 6.84. The molecule has 0 fully saturated rings. The second-order valence-electron chi connectivity index (χ2n) is 5.08. The highest BCUT2D eigenvalue weighted by atomic mass is 16.2. The Balaban J connectivity index is 2.56. The summed E-state index contributed by atoms with van der Waals surface area (Å²) in [5.74, 6) is -0.313. The molecule has 0 aliphatic carbocycles. The summed E-state index contributed by atoms with van der Waals surface area (Å²) in [6, 6.07) is 9.20. The molecule has 0 aromatic heterocycles. The van der Waals surface area contributed by atoms with E-state index in [1.54, 1.807) is 13.8 Å². The summed E-state index contributed by atoms with van der Waals surface area (Å²) >= 11 is 0. The first-order chi connectivity index (χ1) is 10.6. The van der Waals surface area contributed by atoms with Crippen molar-refractivity contribution in [1.29, 1.82) is 0 Å². The first kappa shape index (κ1) is 18.1. The minimum absolute atomic E-state index is 0.313. The molecule has 0 radical (unpaired) electrons. The van der Waals surface area contributed by atoms with E-state index in [9.17, 15) is 9.59 Å². The molecule has 0 saturated carbocycles. The quantitative estimate of drug-likeness (QED) is 0.660. The van der Waals surface area contributed by atoms with Crippen LogP contribution >= 0.6 is 0 Å². The fourth-order valence-corrected chi connectivity index (χ4v) is 2.17. The van der Waals surface area contributed by atoms with E-state index in [0.717, 1.165) is 6.42 Å². The van der Waals surface area contributed by atoms with Crippen molar-refractivity contribution in [3.63, 3.8) is 0 Å². The average Bonchev–Trinajstić information content (AvgIpc) is 2.52. The van der Waals surface area contributed by atoms with Crippen LogP contribution in [0.15, 0.2) is 30.3 Å². The number of rotatable bonds is 8. The molecule has 1 unspecified atom stereocenters. The van der Waals surface area contributed by atoms with Crippen molar-refractivity contribution in [3.05, 3.63) is 35.9 Å². The number of amides is 3. The van der Waals surface area contributed by atoms with Crippen LogP contribution in [-0.4, -0.2) is 49.1 Å². The van der Waals surface area contributed by atoms with Gasteiger partial charge in [-0.2, -0.15) is 0 Å². The van der Waals surface area contributed by atoms with Crippen LogP contribution in [0.2, 0.25) is 0 Å². The number of carbonyl (C=O) groups excluding carboxylic acids is 2. The molecule has 3 amide bonds. The van der Waals surface area contributed by atoms with Crippen molar-refractivity contribution in [2.75, 3.05) is 26.2 Å². The Morgan fingerprint density at radius 1 is 1.23 bits per heavy atom. The molecule has 4 N–H and O–H groups in total. The monoisotopic (exact) mass is 306 g/mol. The molecule has 6 heteroatoms. The number of benzene rings is 1. The maximum Gasteiger partial charge on any atom is 0.321 e. The van der Waals surface area contributed by atoms with Gasteiger partial charge in [0.2, 0.25) is 5.91 Å². The normalized spacial score (nSPS) is 12.0. The van der Waals surface area contributed by atoms with Crippen LogP contribution in [0.25, 0.3) is 0 Å². The third kappa shape index (κ3) is 6.24. The minimum Gasteiger partial charge on any atom is -0.338 e. The molecular weight excluding hydrogens is 280 g/mol. The van der Waals surface area contributed by atoms with E-state index < -0.39 is 12.1 Å². The summed E-state index contributed by atoms with van der Waals surface area (Å²) in [4.78, 5) is 25.5. The number of hydrogen-bond acceptors (Lipinski definition) is 4. The number of nitrogens with one attached hydrogen (secondary N) is 2. The van der Waals surface area contributed by atoms with Crippen molar-refractivity contribution in [1.82, 2.24) is 15.5 Å². The minimum atomic E-state index is -0.463. The highest BCUT2D eigenvalue weighted by Gasteiger charge is 2.22. The molecule has 1 rings (SSSR count). The van der Waals surface area contributed by atoms with Crippen LogP contribution < -0.4 is 16.4 Å². The first-order valence-corrected chi connectivity index (χ1v) is 7.65. The van der Waals surface area contributed by atoms with E-state index in [4.69, 9.17) is 5.73 Å². The Hall–Kier alpha value is -1.92. The summed E-state index contributed by atoms with van der Waals surface area (Å²) in [6.45, 7) is 5.85. The summed E-state index contributed by atoms with van der Waals surface area (Å²) in [5, 5.41) is 4.89. The molecule has 1 aromatic carbocycles. The van der Waals surface area contributed by atoms with Gasteiger partial charge >= 0.3 is 6.03 Å². The van der Waals surface area contributed by atoms with E-state index in [2.05, 4.69) is 22.8 Å². The largest absolute Gasteiger partial charge is 0.338 e. The zero-order valence-corrected chi connectivity index (χ0v) is 13.3. The van der Waals surface area contributed by atoms with E-state index in [1.807, 2.05) is 23.1 Å². The number of urea groups is 1. The standard InChI is InChI=1S/C16H26N4O2/c1-3-18-16(22)19-15(21)13(2)20(12-10-17)11-9-14-7-5-4-6-8-14/h4-8,13H,3,9-12,17H2,1-2H3,(H2,18,19,21,22). The maximum atomic E-state index is 12.1. The maximum absolute atomic E-state index is 12.1. The van der Waals surface area contributed by atoms with Crippen LogP contribution in [0.1, 0.15) is 19.4 Å². The van der Waals surface area contributed by atoms with Crippen molar-refractivity contribution in [2.24, 2.45) is 5.73 Å². The van der Waals surface area contributed by atoms with Gasteiger partial charge in [-0.25, -0.2) is 4.79 Å². The van der Waals surface area contributed by atoms with Gasteiger partial charge in [-0.3, -0.25) is 15.0 Å². The number of nitrogens with zero attached hydrogens (tertiary/aromatic N) is 1. The number of nitrogens with two attached hydrogens (primary N) is 1. The lowest BCUT2D eigenvalue weighted by atomic mass is 10.1. The van der Waals surface area contributed by atoms with Gasteiger partial charge in [0, 0.05) is 26.2 Å². The topological polar surface area (TPSA) is 87.5 Å². The fourth-order valence-electron chi connectivity index (χ4n) is 2.17. The van der Waals surface area contributed by atoms with Gasteiger partial charge in [0.1, 0.15) is 0 Å². The molecule has 0 aliphatic rings. The Kier molecular flexibility index (Phi) is 8.17. The molecule has 0 heterocycles. The van der Waals surface area contributed by atoms with Crippen molar-refractivity contribution < 1.29 is 9.59 Å². The second kappa shape index (κ2) is 9.92. The Morgan fingerprint density at radius 3 is 2.50 bits per heavy atom. The van der Waals surface area contributed by atoms with Gasteiger partial charge in [-0.15, -0.1) is 0 Å². The van der Waals surface area contributed by atoms with Crippen molar-refractivity contribution in [2.45, 2.75) is 26.3 Å². The van der Waals surface area contributed by atoms with Crippen LogP contribution in [-0.2, 0) is 11.2 Å². The lowest BCUT2D eigenvalue weighted by Crippen LogP contribution is -2.51. The number of hydrogen-bond donors (Lipinski definition) is 3. The van der Waals surface area contributed by atoms with Gasteiger partial charge in [0.25, 0.3) is 0 Å². The average molecular weight is 306 g/mol. The van der Waals surface area contributed by atoms with E-state index in [1.165, 1.54) is 5.56 Å². The van der Waals surface area contributed by atoms with Gasteiger partial charge < -0.3 is 11.1 Å². The van der Waals surface area contributed by atoms with E-state index >= 15 is 0 Å². The molecule has 0 bridgehead atoms. The molecule has 0 spiro atoms. The molecule has 6 nitrogen and oxygen atoms in total. The summed E-state index contributed by atoms with van der Waals surface area (Å²) in [7, 11) is 0. The van der Waals surface area contributed by atoms with Crippen molar-refractivity contribution in [3.8, 4) is 0 Å². The Bertz CT molecular complexity index is 464. The molecule has 1 atom stereocenters. The fraction of sp³-hybridized carbons (Fsp3) is 0.500.